The number of Topliss-reactive ketones (excluding diaryl/α,β-unsaturated/α-hetero) is 1. The first-order valence-corrected chi connectivity index (χ1v) is 15.0. The Morgan fingerprint density at radius 3 is 2.49 bits per heavy atom. The maximum Gasteiger partial charge on any atom is 0.303 e. The number of aliphatic hydroxyl groups excluding tert-OH is 1. The van der Waals surface area contributed by atoms with E-state index < -0.39 is 114 Å². The van der Waals surface area contributed by atoms with Crippen LogP contribution in [0.2, 0.25) is 0 Å². The van der Waals surface area contributed by atoms with Crippen molar-refractivity contribution in [3.63, 3.8) is 0 Å². The van der Waals surface area contributed by atoms with Crippen LogP contribution in [0.15, 0.2) is 18.2 Å². The largest absolute Gasteiger partial charge is 0.507 e. The third-order valence-corrected chi connectivity index (χ3v) is 9.02. The quantitative estimate of drug-likeness (QED) is 0.106. The van der Waals surface area contributed by atoms with Gasteiger partial charge in [0, 0.05) is 48.4 Å². The molecule has 0 bridgehead atoms. The molecule has 0 aromatic heterocycles. The lowest BCUT2D eigenvalue weighted by Crippen LogP contribution is -2.57. The van der Waals surface area contributed by atoms with Crippen molar-refractivity contribution in [3.05, 3.63) is 51.6 Å². The van der Waals surface area contributed by atoms with Crippen LogP contribution in [0.5, 0.6) is 17.2 Å². The SMILES string of the molecule is COc1cccc2c1C(=O)c1c(O)c3c(c(O)c1C2=O)C[C@@](O)(C(C=O)NCC(=O)CCC(=O)O)C[C@@H]3OC1CC(N)C(O)C(C)O1. The summed E-state index contributed by atoms with van der Waals surface area (Å²) in [7, 11) is 1.31. The smallest absolute Gasteiger partial charge is 0.303 e. The Kier molecular flexibility index (Phi) is 9.50. The molecule has 2 aromatic carbocycles. The number of aldehydes is 1. The van der Waals surface area contributed by atoms with E-state index in [1.807, 2.05) is 0 Å². The maximum atomic E-state index is 13.8. The van der Waals surface area contributed by atoms with E-state index in [9.17, 15) is 44.4 Å². The molecule has 7 atom stereocenters. The van der Waals surface area contributed by atoms with Crippen LogP contribution in [0.3, 0.4) is 0 Å². The topological polar surface area (TPSA) is 252 Å². The minimum atomic E-state index is -2.12. The van der Waals surface area contributed by atoms with Crippen LogP contribution in [-0.2, 0) is 30.3 Å². The Morgan fingerprint density at radius 1 is 1.15 bits per heavy atom. The number of carbonyl (C=O) groups is 5. The first-order valence-electron chi connectivity index (χ1n) is 15.0. The number of phenolic OH excluding ortho intramolecular Hbond substituents is 2. The summed E-state index contributed by atoms with van der Waals surface area (Å²) < 4.78 is 17.3. The number of fused-ring (bicyclic) bond motifs is 3. The number of hydrogen-bond acceptors (Lipinski definition) is 14. The highest BCUT2D eigenvalue weighted by atomic mass is 16.7. The third-order valence-electron chi connectivity index (χ3n) is 9.02. The fraction of sp³-hybridized carbons (Fsp3) is 0.469. The second-order valence-corrected chi connectivity index (χ2v) is 12.1. The summed E-state index contributed by atoms with van der Waals surface area (Å²) in [5.74, 6) is -4.68. The van der Waals surface area contributed by atoms with Gasteiger partial charge >= 0.3 is 5.97 Å². The number of carboxylic acids is 1. The fourth-order valence-electron chi connectivity index (χ4n) is 6.58. The molecule has 252 valence electrons. The van der Waals surface area contributed by atoms with Gasteiger partial charge in [-0.25, -0.2) is 0 Å². The van der Waals surface area contributed by atoms with Crippen molar-refractivity contribution < 1.29 is 63.7 Å². The molecule has 3 aliphatic rings. The standard InChI is InChI=1S/C32H36N2O13/c1-13-27(39)17(33)8-22(46-13)47-19-10-32(44,20(12-35)34-11-14(36)6-7-21(37)38)9-16-24(19)31(43)26-25(29(16)41)28(40)15-4-3-5-18(45-2)23(15)30(26)42/h3-5,12-13,17,19-20,22,27,34,39,41,43-44H,6-11,33H2,1-2H3,(H,37,38)/t13?,17?,19-,20?,22?,27?,32-/m0/s1. The lowest BCUT2D eigenvalue weighted by molar-refractivity contribution is -0.248. The summed E-state index contributed by atoms with van der Waals surface area (Å²) in [4.78, 5) is 63.1. The van der Waals surface area contributed by atoms with Crippen molar-refractivity contribution in [2.75, 3.05) is 13.7 Å². The van der Waals surface area contributed by atoms with Crippen molar-refractivity contribution in [3.8, 4) is 17.2 Å². The normalized spacial score (nSPS) is 27.3. The number of nitrogens with one attached hydrogen (secondary N) is 1. The van der Waals surface area contributed by atoms with Crippen LogP contribution in [-0.4, -0.2) is 105 Å². The Hall–Kier alpha value is -4.25. The first-order chi connectivity index (χ1) is 22.2. The molecule has 15 heteroatoms. The summed E-state index contributed by atoms with van der Waals surface area (Å²) in [5, 5.41) is 57.1. The van der Waals surface area contributed by atoms with Crippen LogP contribution in [0, 0.1) is 0 Å². The van der Waals surface area contributed by atoms with Crippen molar-refractivity contribution in [2.45, 2.75) is 81.3 Å². The molecule has 2 aliphatic carbocycles. The van der Waals surface area contributed by atoms with Crippen LogP contribution in [0.1, 0.15) is 81.7 Å². The van der Waals surface area contributed by atoms with E-state index in [0.29, 0.717) is 6.29 Å². The van der Waals surface area contributed by atoms with Crippen LogP contribution in [0.25, 0.3) is 0 Å². The van der Waals surface area contributed by atoms with Gasteiger partial charge in [-0.3, -0.25) is 24.5 Å². The molecule has 5 unspecified atom stereocenters. The summed E-state index contributed by atoms with van der Waals surface area (Å²) in [6, 6.07) is 2.06. The number of aliphatic carboxylic acids is 1. The van der Waals surface area contributed by atoms with E-state index in [0.717, 1.165) is 0 Å². The molecule has 1 heterocycles. The van der Waals surface area contributed by atoms with Crippen LogP contribution >= 0.6 is 0 Å². The maximum absolute atomic E-state index is 13.8. The molecule has 2 aromatic rings. The number of methoxy groups -OCH3 is 1. The number of ether oxygens (including phenoxy) is 3. The van der Waals surface area contributed by atoms with Gasteiger partial charge in [0.1, 0.15) is 29.3 Å². The van der Waals surface area contributed by atoms with Gasteiger partial charge in [-0.15, -0.1) is 0 Å². The van der Waals surface area contributed by atoms with Gasteiger partial charge in [0.25, 0.3) is 0 Å². The van der Waals surface area contributed by atoms with Gasteiger partial charge in [-0.2, -0.15) is 0 Å². The lowest BCUT2D eigenvalue weighted by Gasteiger charge is -2.44. The lowest BCUT2D eigenvalue weighted by atomic mass is 9.71. The molecule has 47 heavy (non-hydrogen) atoms. The number of aromatic hydroxyl groups is 2. The van der Waals surface area contributed by atoms with E-state index in [-0.39, 0.29) is 40.8 Å². The molecule has 5 rings (SSSR count). The Morgan fingerprint density at radius 2 is 1.85 bits per heavy atom. The van der Waals surface area contributed by atoms with E-state index in [1.54, 1.807) is 6.92 Å². The van der Waals surface area contributed by atoms with E-state index in [4.69, 9.17) is 25.1 Å². The Balaban J connectivity index is 1.60. The van der Waals surface area contributed by atoms with E-state index in [1.165, 1.54) is 25.3 Å². The highest BCUT2D eigenvalue weighted by molar-refractivity contribution is 6.31. The number of aliphatic hydroxyl groups is 2. The summed E-state index contributed by atoms with van der Waals surface area (Å²) in [5.41, 5.74) is 2.43. The summed E-state index contributed by atoms with van der Waals surface area (Å²) >= 11 is 0. The number of carboxylic acid groups (broad SMARTS) is 1. The predicted molar refractivity (Wildman–Crippen MR) is 159 cm³/mol. The number of rotatable bonds is 11. The molecule has 0 saturated carbocycles. The molecule has 1 saturated heterocycles. The average molecular weight is 657 g/mol. The van der Waals surface area contributed by atoms with Crippen LogP contribution in [0.4, 0.5) is 0 Å². The summed E-state index contributed by atoms with van der Waals surface area (Å²) in [6.07, 6.45) is -5.72. The number of ketones is 3. The van der Waals surface area contributed by atoms with E-state index >= 15 is 0 Å². The summed E-state index contributed by atoms with van der Waals surface area (Å²) in [6.45, 7) is 1.09. The monoisotopic (exact) mass is 656 g/mol. The second kappa shape index (κ2) is 13.1. The van der Waals surface area contributed by atoms with Crippen LogP contribution < -0.4 is 15.8 Å². The van der Waals surface area contributed by atoms with Crippen molar-refractivity contribution in [2.24, 2.45) is 5.73 Å². The fourth-order valence-corrected chi connectivity index (χ4v) is 6.58. The zero-order valence-electron chi connectivity index (χ0n) is 25.6. The van der Waals surface area contributed by atoms with E-state index in [2.05, 4.69) is 5.32 Å². The predicted octanol–water partition coefficient (Wildman–Crippen LogP) is 0.0309. The molecule has 1 fully saturated rings. The number of hydrogen-bond donors (Lipinski definition) is 7. The third kappa shape index (κ3) is 6.13. The van der Waals surface area contributed by atoms with Gasteiger partial charge in [0.15, 0.2) is 12.1 Å². The molecule has 0 amide bonds. The van der Waals surface area contributed by atoms with Crippen molar-refractivity contribution in [1.82, 2.24) is 5.32 Å². The number of phenols is 2. The Bertz CT molecular complexity index is 1630. The van der Waals surface area contributed by atoms with Gasteiger partial charge in [0.05, 0.1) is 66.7 Å². The number of carbonyl (C=O) groups excluding carboxylic acids is 4. The first kappa shape index (κ1) is 34.1. The Labute approximate surface area is 268 Å². The molecule has 0 spiro atoms. The molecule has 15 nitrogen and oxygen atoms in total. The molecular formula is C32H36N2O13. The zero-order valence-corrected chi connectivity index (χ0v) is 25.6. The average Bonchev–Trinajstić information content (AvgIpc) is 3.02. The molecule has 8 N–H and O–H groups in total. The van der Waals surface area contributed by atoms with Crippen molar-refractivity contribution in [1.29, 1.82) is 0 Å². The van der Waals surface area contributed by atoms with Crippen molar-refractivity contribution >= 4 is 29.6 Å². The highest BCUT2D eigenvalue weighted by Gasteiger charge is 2.50. The van der Waals surface area contributed by atoms with Gasteiger partial charge in [-0.1, -0.05) is 12.1 Å². The molecular weight excluding hydrogens is 620 g/mol. The van der Waals surface area contributed by atoms with Gasteiger partial charge in [-0.05, 0) is 13.0 Å². The minimum Gasteiger partial charge on any atom is -0.507 e. The van der Waals surface area contributed by atoms with Gasteiger partial charge in [0.2, 0.25) is 5.78 Å². The second-order valence-electron chi connectivity index (χ2n) is 12.1. The zero-order chi connectivity index (χ0) is 34.4. The number of benzene rings is 2. The number of nitrogens with two attached hydrogens (primary N) is 1. The minimum absolute atomic E-state index is 0.0249. The molecule has 0 radical (unpaired) electrons. The molecule has 1 aliphatic heterocycles. The van der Waals surface area contributed by atoms with Gasteiger partial charge < -0.3 is 50.3 Å². The highest BCUT2D eigenvalue weighted by Crippen LogP contribution is 2.52.